The van der Waals surface area contributed by atoms with Gasteiger partial charge in [-0.2, -0.15) is 0 Å². The van der Waals surface area contributed by atoms with Gasteiger partial charge in [0.1, 0.15) is 0 Å². The van der Waals surface area contributed by atoms with Gasteiger partial charge in [0.15, 0.2) is 5.96 Å². The van der Waals surface area contributed by atoms with Gasteiger partial charge in [-0.15, -0.1) is 24.0 Å². The van der Waals surface area contributed by atoms with E-state index in [0.717, 1.165) is 38.1 Å². The third-order valence-electron chi connectivity index (χ3n) is 5.11. The number of guanidine groups is 1. The summed E-state index contributed by atoms with van der Waals surface area (Å²) >= 11 is 0. The second-order valence-corrected chi connectivity index (χ2v) is 6.99. The first kappa shape index (κ1) is 24.2. The number of benzene rings is 1. The molecular formula is C21H37IN4O. The minimum atomic E-state index is 0. The van der Waals surface area contributed by atoms with Crippen LogP contribution < -0.4 is 10.6 Å². The van der Waals surface area contributed by atoms with Crippen LogP contribution in [0, 0.1) is 0 Å². The molecule has 6 heteroatoms. The average Bonchev–Trinajstić information content (AvgIpc) is 2.67. The molecule has 2 N–H and O–H groups in total. The molecule has 1 unspecified atom stereocenters. The Morgan fingerprint density at radius 1 is 1.22 bits per heavy atom. The Balaban J connectivity index is 0.00000364. The molecule has 5 nitrogen and oxygen atoms in total. The fraction of sp³-hybridized carbons (Fsp3) is 0.667. The molecule has 154 valence electrons. The smallest absolute Gasteiger partial charge is 0.191 e. The van der Waals surface area contributed by atoms with E-state index in [0.29, 0.717) is 6.61 Å². The van der Waals surface area contributed by atoms with Gasteiger partial charge in [-0.05, 0) is 50.8 Å². The van der Waals surface area contributed by atoms with Gasteiger partial charge >= 0.3 is 0 Å². The molecule has 0 amide bonds. The summed E-state index contributed by atoms with van der Waals surface area (Å²) in [4.78, 5) is 6.96. The molecular weight excluding hydrogens is 451 g/mol. The van der Waals surface area contributed by atoms with Crippen molar-refractivity contribution in [2.24, 2.45) is 4.99 Å². The zero-order chi connectivity index (χ0) is 18.6. The van der Waals surface area contributed by atoms with Crippen LogP contribution in [0.4, 0.5) is 0 Å². The van der Waals surface area contributed by atoms with Gasteiger partial charge in [0.05, 0.1) is 6.61 Å². The summed E-state index contributed by atoms with van der Waals surface area (Å²) < 4.78 is 5.56. The summed E-state index contributed by atoms with van der Waals surface area (Å²) in [6, 6.07) is 9.15. The van der Waals surface area contributed by atoms with Crippen LogP contribution in [-0.2, 0) is 17.9 Å². The predicted molar refractivity (Wildman–Crippen MR) is 125 cm³/mol. The summed E-state index contributed by atoms with van der Waals surface area (Å²) in [6.45, 7) is 9.90. The Labute approximate surface area is 182 Å². The zero-order valence-corrected chi connectivity index (χ0v) is 19.5. The average molecular weight is 488 g/mol. The van der Waals surface area contributed by atoms with Gasteiger partial charge in [-0.1, -0.05) is 30.7 Å². The van der Waals surface area contributed by atoms with E-state index >= 15 is 0 Å². The van der Waals surface area contributed by atoms with Crippen LogP contribution in [0.15, 0.2) is 29.3 Å². The molecule has 0 aromatic heterocycles. The van der Waals surface area contributed by atoms with Crippen LogP contribution in [0.5, 0.6) is 0 Å². The number of nitrogens with one attached hydrogen (secondary N) is 2. The van der Waals surface area contributed by atoms with Crippen LogP contribution in [0.3, 0.4) is 0 Å². The number of halogens is 1. The van der Waals surface area contributed by atoms with Crippen molar-refractivity contribution < 1.29 is 4.74 Å². The first-order chi connectivity index (χ1) is 12.7. The third kappa shape index (κ3) is 8.79. The lowest BCUT2D eigenvalue weighted by atomic mass is 10.0. The maximum Gasteiger partial charge on any atom is 0.191 e. The number of hydrogen-bond acceptors (Lipinski definition) is 3. The molecule has 0 bridgehead atoms. The van der Waals surface area contributed by atoms with Crippen molar-refractivity contribution in [3.05, 3.63) is 35.4 Å². The maximum atomic E-state index is 5.56. The van der Waals surface area contributed by atoms with Crippen molar-refractivity contribution in [1.29, 1.82) is 0 Å². The minimum Gasteiger partial charge on any atom is -0.377 e. The highest BCUT2D eigenvalue weighted by Crippen LogP contribution is 2.16. The summed E-state index contributed by atoms with van der Waals surface area (Å²) in [7, 11) is 1.83. The summed E-state index contributed by atoms with van der Waals surface area (Å²) in [5.41, 5.74) is 2.49. The molecule has 2 rings (SSSR count). The zero-order valence-electron chi connectivity index (χ0n) is 17.2. The Morgan fingerprint density at radius 2 is 2.00 bits per heavy atom. The summed E-state index contributed by atoms with van der Waals surface area (Å²) in [5, 5.41) is 6.86. The number of likely N-dealkylation sites (tertiary alicyclic amines) is 1. The summed E-state index contributed by atoms with van der Waals surface area (Å²) in [6.07, 6.45) is 5.23. The largest absolute Gasteiger partial charge is 0.377 e. The molecule has 1 aromatic carbocycles. The van der Waals surface area contributed by atoms with Crippen molar-refractivity contribution in [2.75, 3.05) is 33.3 Å². The molecule has 0 radical (unpaired) electrons. The Bertz CT molecular complexity index is 553. The van der Waals surface area contributed by atoms with Gasteiger partial charge < -0.3 is 20.3 Å². The second kappa shape index (κ2) is 14.2. The van der Waals surface area contributed by atoms with Crippen LogP contribution >= 0.6 is 24.0 Å². The molecule has 1 aliphatic rings. The van der Waals surface area contributed by atoms with Crippen LogP contribution in [-0.4, -0.2) is 50.2 Å². The quantitative estimate of drug-likeness (QED) is 0.241. The van der Waals surface area contributed by atoms with E-state index in [-0.39, 0.29) is 24.0 Å². The van der Waals surface area contributed by atoms with Gasteiger partial charge in [-0.25, -0.2) is 0 Å². The number of aliphatic imine (C=N–C) groups is 1. The van der Waals surface area contributed by atoms with Crippen molar-refractivity contribution in [3.8, 4) is 0 Å². The minimum absolute atomic E-state index is 0. The molecule has 1 fully saturated rings. The van der Waals surface area contributed by atoms with Gasteiger partial charge in [0, 0.05) is 39.3 Å². The van der Waals surface area contributed by atoms with E-state index in [2.05, 4.69) is 51.7 Å². The number of ether oxygens (including phenoxy) is 1. The molecule has 0 spiro atoms. The third-order valence-corrected chi connectivity index (χ3v) is 5.11. The van der Waals surface area contributed by atoms with Crippen molar-refractivity contribution in [2.45, 2.75) is 58.7 Å². The lowest BCUT2D eigenvalue weighted by Crippen LogP contribution is -2.41. The lowest BCUT2D eigenvalue weighted by molar-refractivity contribution is 0.133. The molecule has 1 aromatic rings. The lowest BCUT2D eigenvalue weighted by Gasteiger charge is -2.33. The Hall–Kier alpha value is -0.860. The molecule has 0 saturated carbocycles. The summed E-state index contributed by atoms with van der Waals surface area (Å²) in [5.74, 6) is 0.864. The van der Waals surface area contributed by atoms with Crippen LogP contribution in [0.2, 0.25) is 0 Å². The highest BCUT2D eigenvalue weighted by atomic mass is 127. The van der Waals surface area contributed by atoms with Crippen molar-refractivity contribution in [1.82, 2.24) is 15.5 Å². The van der Waals surface area contributed by atoms with Crippen molar-refractivity contribution in [3.63, 3.8) is 0 Å². The number of hydrogen-bond donors (Lipinski definition) is 2. The molecule has 27 heavy (non-hydrogen) atoms. The predicted octanol–water partition coefficient (Wildman–Crippen LogP) is 3.77. The normalized spacial score (nSPS) is 18.0. The molecule has 1 heterocycles. The van der Waals surface area contributed by atoms with E-state index in [9.17, 15) is 0 Å². The maximum absolute atomic E-state index is 5.56. The highest BCUT2D eigenvalue weighted by Gasteiger charge is 2.17. The Kier molecular flexibility index (Phi) is 12.7. The fourth-order valence-electron chi connectivity index (χ4n) is 3.46. The molecule has 1 aliphatic heterocycles. The van der Waals surface area contributed by atoms with Gasteiger partial charge in [0.2, 0.25) is 0 Å². The first-order valence-corrected chi connectivity index (χ1v) is 10.1. The molecule has 1 atom stereocenters. The topological polar surface area (TPSA) is 48.9 Å². The van der Waals surface area contributed by atoms with E-state index in [4.69, 9.17) is 4.74 Å². The SMILES string of the molecule is CCOCc1ccccc1CNC(=NC)NCCCN1CCCCC1C.I. The highest BCUT2D eigenvalue weighted by molar-refractivity contribution is 14.0. The molecule has 0 aliphatic carbocycles. The van der Waals surface area contributed by atoms with E-state index in [1.807, 2.05) is 14.0 Å². The standard InChI is InChI=1S/C21H36N4O.HI/c1-4-26-17-20-12-6-5-11-19(20)16-24-21(22-3)23-13-9-15-25-14-8-7-10-18(25)2;/h5-6,11-12,18H,4,7-10,13-17H2,1-3H3,(H2,22,23,24);1H. The first-order valence-electron chi connectivity index (χ1n) is 10.1. The van der Waals surface area contributed by atoms with E-state index in [1.54, 1.807) is 0 Å². The van der Waals surface area contributed by atoms with Crippen molar-refractivity contribution >= 4 is 29.9 Å². The number of piperidine rings is 1. The monoisotopic (exact) mass is 488 g/mol. The van der Waals surface area contributed by atoms with Gasteiger partial charge in [-0.3, -0.25) is 4.99 Å². The number of nitrogens with zero attached hydrogens (tertiary/aromatic N) is 2. The van der Waals surface area contributed by atoms with Crippen LogP contribution in [0.1, 0.15) is 50.7 Å². The fourth-order valence-corrected chi connectivity index (χ4v) is 3.46. The van der Waals surface area contributed by atoms with Gasteiger partial charge in [0.25, 0.3) is 0 Å². The second-order valence-electron chi connectivity index (χ2n) is 6.99. The molecule has 1 saturated heterocycles. The van der Waals surface area contributed by atoms with Crippen LogP contribution in [0.25, 0.3) is 0 Å². The Morgan fingerprint density at radius 3 is 2.70 bits per heavy atom. The number of rotatable bonds is 9. The van der Waals surface area contributed by atoms with E-state index in [1.165, 1.54) is 43.5 Å². The van der Waals surface area contributed by atoms with E-state index < -0.39 is 0 Å².